The average molecular weight is 512 g/mol. The molecule has 0 radical (unpaired) electrons. The van der Waals surface area contributed by atoms with Gasteiger partial charge in [-0.25, -0.2) is 8.78 Å². The summed E-state index contributed by atoms with van der Waals surface area (Å²) in [7, 11) is 0. The normalized spacial score (nSPS) is 14.6. The first-order chi connectivity index (χ1) is 15.6. The number of carbonyl (C=O) groups excluding carboxylic acids is 3. The Hall–Kier alpha value is -3.16. The van der Waals surface area contributed by atoms with Crippen molar-refractivity contribution in [3.63, 3.8) is 0 Å². The van der Waals surface area contributed by atoms with Crippen LogP contribution in [0.5, 0.6) is 0 Å². The van der Waals surface area contributed by atoms with Gasteiger partial charge in [-0.1, -0.05) is 30.0 Å². The predicted molar refractivity (Wildman–Crippen MR) is 123 cm³/mol. The Balaban J connectivity index is 1.61. The van der Waals surface area contributed by atoms with Crippen LogP contribution in [0.1, 0.15) is 4.88 Å². The van der Waals surface area contributed by atoms with Gasteiger partial charge in [-0.3, -0.25) is 24.1 Å². The van der Waals surface area contributed by atoms with Gasteiger partial charge in [-0.15, -0.1) is 11.3 Å². The predicted octanol–water partition coefficient (Wildman–Crippen LogP) is 2.21. The zero-order valence-electron chi connectivity index (χ0n) is 16.6. The molecule has 8 nitrogen and oxygen atoms in total. The molecule has 172 valence electrons. The van der Waals surface area contributed by atoms with Crippen molar-refractivity contribution in [2.75, 3.05) is 19.6 Å². The summed E-state index contributed by atoms with van der Waals surface area (Å²) in [6.07, 6.45) is 1.59. The molecule has 1 fully saturated rings. The minimum Gasteiger partial charge on any atom is -0.480 e. The number of thiocarbonyl (C=S) groups is 1. The second kappa shape index (κ2) is 10.6. The molecule has 2 heterocycles. The summed E-state index contributed by atoms with van der Waals surface area (Å²) in [5.41, 5.74) is 1.14. The lowest BCUT2D eigenvalue weighted by atomic mass is 10.1. The number of thiophene rings is 1. The summed E-state index contributed by atoms with van der Waals surface area (Å²) >= 11 is 7.47. The number of thioether (sulfide) groups is 1. The number of benzene rings is 1. The summed E-state index contributed by atoms with van der Waals surface area (Å²) < 4.78 is 26.8. The molecule has 0 spiro atoms. The average Bonchev–Trinajstić information content (AvgIpc) is 3.33. The molecule has 0 atom stereocenters. The second-order valence-corrected chi connectivity index (χ2v) is 9.20. The first kappa shape index (κ1) is 24.5. The van der Waals surface area contributed by atoms with Gasteiger partial charge < -0.3 is 15.7 Å². The molecule has 3 amide bonds. The van der Waals surface area contributed by atoms with Gasteiger partial charge in [0.1, 0.15) is 17.4 Å². The monoisotopic (exact) mass is 511 g/mol. The number of carbonyl (C=O) groups is 4. The van der Waals surface area contributed by atoms with Gasteiger partial charge in [0.05, 0.1) is 11.4 Å². The van der Waals surface area contributed by atoms with Gasteiger partial charge in [-0.2, -0.15) is 0 Å². The zero-order chi connectivity index (χ0) is 24.1. The number of carboxylic acids is 1. The smallest absolute Gasteiger partial charge is 0.322 e. The molecule has 1 aromatic heterocycles. The Morgan fingerprint density at radius 1 is 1.06 bits per heavy atom. The van der Waals surface area contributed by atoms with E-state index in [1.807, 2.05) is 0 Å². The van der Waals surface area contributed by atoms with Crippen molar-refractivity contribution < 1.29 is 33.1 Å². The van der Waals surface area contributed by atoms with Crippen LogP contribution in [0.2, 0.25) is 0 Å². The van der Waals surface area contributed by atoms with E-state index in [-0.39, 0.29) is 9.23 Å². The SMILES string of the molecule is O=C(O)CNC(=O)CNC(=O)CN1C(=O)C(=Cc2cc(-c3ccc(F)c(F)c3)cs2)SC1=S. The number of hydrogen-bond donors (Lipinski definition) is 3. The molecule has 1 aromatic carbocycles. The molecule has 1 aliphatic heterocycles. The molecule has 0 unspecified atom stereocenters. The van der Waals surface area contributed by atoms with Crippen LogP contribution in [-0.4, -0.2) is 57.7 Å². The van der Waals surface area contributed by atoms with Gasteiger partial charge in [0.2, 0.25) is 11.8 Å². The summed E-state index contributed by atoms with van der Waals surface area (Å²) in [6.45, 7) is -1.42. The molecular weight excluding hydrogens is 496 g/mol. The summed E-state index contributed by atoms with van der Waals surface area (Å²) in [4.78, 5) is 48.7. The Morgan fingerprint density at radius 2 is 1.79 bits per heavy atom. The van der Waals surface area contributed by atoms with Gasteiger partial charge in [0.25, 0.3) is 5.91 Å². The molecule has 1 saturated heterocycles. The van der Waals surface area contributed by atoms with E-state index in [1.54, 1.807) is 17.5 Å². The van der Waals surface area contributed by atoms with E-state index in [9.17, 15) is 28.0 Å². The first-order valence-electron chi connectivity index (χ1n) is 9.18. The molecule has 0 bridgehead atoms. The van der Waals surface area contributed by atoms with Crippen LogP contribution >= 0.6 is 35.3 Å². The highest BCUT2D eigenvalue weighted by Crippen LogP contribution is 2.35. The number of nitrogens with zero attached hydrogens (tertiary/aromatic N) is 1. The van der Waals surface area contributed by atoms with E-state index >= 15 is 0 Å². The maximum Gasteiger partial charge on any atom is 0.322 e. The number of aliphatic carboxylic acids is 1. The van der Waals surface area contributed by atoms with E-state index in [0.29, 0.717) is 16.0 Å². The largest absolute Gasteiger partial charge is 0.480 e. The molecule has 3 N–H and O–H groups in total. The highest BCUT2D eigenvalue weighted by Gasteiger charge is 2.33. The number of carboxylic acid groups (broad SMARTS) is 1. The summed E-state index contributed by atoms with van der Waals surface area (Å²) in [6, 6.07) is 5.28. The Kier molecular flexibility index (Phi) is 7.89. The summed E-state index contributed by atoms with van der Waals surface area (Å²) in [5, 5.41) is 14.6. The Morgan fingerprint density at radius 3 is 2.48 bits per heavy atom. The van der Waals surface area contributed by atoms with Crippen LogP contribution < -0.4 is 10.6 Å². The van der Waals surface area contributed by atoms with Crippen LogP contribution in [0.25, 0.3) is 17.2 Å². The topological polar surface area (TPSA) is 116 Å². The maximum atomic E-state index is 13.5. The number of hydrogen-bond acceptors (Lipinski definition) is 7. The third-order valence-electron chi connectivity index (χ3n) is 4.20. The van der Waals surface area contributed by atoms with Crippen LogP contribution in [0.4, 0.5) is 8.78 Å². The second-order valence-electron chi connectivity index (χ2n) is 6.58. The highest BCUT2D eigenvalue weighted by atomic mass is 32.2. The van der Waals surface area contributed by atoms with E-state index in [0.717, 1.165) is 28.8 Å². The fourth-order valence-electron chi connectivity index (χ4n) is 2.64. The molecule has 33 heavy (non-hydrogen) atoms. The number of halogens is 2. The van der Waals surface area contributed by atoms with Crippen molar-refractivity contribution in [2.45, 2.75) is 0 Å². The van der Waals surface area contributed by atoms with Crippen LogP contribution in [-0.2, 0) is 19.2 Å². The quantitative estimate of drug-likeness (QED) is 0.368. The van der Waals surface area contributed by atoms with Gasteiger partial charge in [0.15, 0.2) is 11.6 Å². The minimum absolute atomic E-state index is 0.161. The molecular formula is C20H15F2N3O5S3. The van der Waals surface area contributed by atoms with E-state index in [4.69, 9.17) is 17.3 Å². The van der Waals surface area contributed by atoms with Crippen LogP contribution in [0.3, 0.4) is 0 Å². The Bertz CT molecular complexity index is 1180. The van der Waals surface area contributed by atoms with E-state index in [2.05, 4.69) is 10.6 Å². The number of rotatable bonds is 8. The lowest BCUT2D eigenvalue weighted by Crippen LogP contribution is -2.44. The third-order valence-corrected chi connectivity index (χ3v) is 6.46. The molecule has 3 rings (SSSR count). The zero-order valence-corrected chi connectivity index (χ0v) is 19.0. The lowest BCUT2D eigenvalue weighted by molar-refractivity contribution is -0.138. The van der Waals surface area contributed by atoms with E-state index in [1.165, 1.54) is 17.4 Å². The molecule has 2 aromatic rings. The first-order valence-corrected chi connectivity index (χ1v) is 11.3. The van der Waals surface area contributed by atoms with Gasteiger partial charge in [0, 0.05) is 4.88 Å². The minimum atomic E-state index is -1.22. The van der Waals surface area contributed by atoms with Crippen molar-refractivity contribution in [1.29, 1.82) is 0 Å². The molecule has 0 saturated carbocycles. The summed E-state index contributed by atoms with van der Waals surface area (Å²) in [5.74, 6) is -4.94. The third kappa shape index (κ3) is 6.43. The standard InChI is InChI=1S/C20H15F2N3O5S3/c21-13-2-1-10(4-14(13)22)11-3-12(32-9-11)5-15-19(30)25(20(31)33-15)8-17(27)23-6-16(26)24-7-18(28)29/h1-5,9H,6-8H2,(H,23,27)(H,24,26)(H,28,29). The van der Waals surface area contributed by atoms with Crippen molar-refractivity contribution in [3.05, 3.63) is 51.1 Å². The molecule has 13 heteroatoms. The van der Waals surface area contributed by atoms with Crippen LogP contribution in [0.15, 0.2) is 34.6 Å². The molecule has 1 aliphatic rings. The molecule has 0 aliphatic carbocycles. The fraction of sp³-hybridized carbons (Fsp3) is 0.150. The van der Waals surface area contributed by atoms with Crippen LogP contribution in [0, 0.1) is 11.6 Å². The Labute approximate surface area is 199 Å². The number of nitrogens with one attached hydrogen (secondary N) is 2. The van der Waals surface area contributed by atoms with Crippen molar-refractivity contribution in [1.82, 2.24) is 15.5 Å². The van der Waals surface area contributed by atoms with Crippen molar-refractivity contribution in [2.24, 2.45) is 0 Å². The fourth-order valence-corrected chi connectivity index (χ4v) is 4.80. The lowest BCUT2D eigenvalue weighted by Gasteiger charge is -2.14. The van der Waals surface area contributed by atoms with Gasteiger partial charge >= 0.3 is 5.97 Å². The van der Waals surface area contributed by atoms with Gasteiger partial charge in [-0.05, 0) is 40.8 Å². The van der Waals surface area contributed by atoms with E-state index < -0.39 is 55.0 Å². The highest BCUT2D eigenvalue weighted by molar-refractivity contribution is 8.26. The van der Waals surface area contributed by atoms with Crippen molar-refractivity contribution >= 4 is 69.4 Å². The maximum absolute atomic E-state index is 13.5. The van der Waals surface area contributed by atoms with Crippen molar-refractivity contribution in [3.8, 4) is 11.1 Å². The number of amides is 3.